The number of aromatic nitrogens is 1. The van der Waals surface area contributed by atoms with E-state index in [9.17, 15) is 10.1 Å². The van der Waals surface area contributed by atoms with Crippen molar-refractivity contribution in [2.45, 2.75) is 18.9 Å². The van der Waals surface area contributed by atoms with Crippen LogP contribution < -0.4 is 10.1 Å². The van der Waals surface area contributed by atoms with Crippen LogP contribution in [0.2, 0.25) is 0 Å². The predicted molar refractivity (Wildman–Crippen MR) is 74.9 cm³/mol. The lowest BCUT2D eigenvalue weighted by atomic mass is 10.1. The van der Waals surface area contributed by atoms with Crippen LogP contribution >= 0.6 is 0 Å². The molecule has 1 fully saturated rings. The zero-order valence-corrected chi connectivity index (χ0v) is 10.9. The third kappa shape index (κ3) is 2.42. The van der Waals surface area contributed by atoms with E-state index in [1.54, 1.807) is 6.07 Å². The van der Waals surface area contributed by atoms with Crippen LogP contribution in [0.4, 0.5) is 5.69 Å². The van der Waals surface area contributed by atoms with Crippen molar-refractivity contribution in [3.05, 3.63) is 40.6 Å². The van der Waals surface area contributed by atoms with Gasteiger partial charge in [0.2, 0.25) is 5.75 Å². The van der Waals surface area contributed by atoms with Crippen LogP contribution in [0.1, 0.15) is 12.8 Å². The minimum atomic E-state index is -0.439. The number of fused-ring (bicyclic) bond motifs is 1. The number of para-hydroxylation sites is 1. The smallest absolute Gasteiger partial charge is 0.329 e. The summed E-state index contributed by atoms with van der Waals surface area (Å²) in [4.78, 5) is 14.9. The largest absolute Gasteiger partial charge is 0.482 e. The van der Waals surface area contributed by atoms with Crippen LogP contribution in [-0.2, 0) is 0 Å². The van der Waals surface area contributed by atoms with E-state index in [0.29, 0.717) is 23.2 Å². The van der Waals surface area contributed by atoms with Gasteiger partial charge in [0.25, 0.3) is 0 Å². The van der Waals surface area contributed by atoms with Crippen molar-refractivity contribution in [3.8, 4) is 5.75 Å². The Morgan fingerprint density at radius 1 is 1.40 bits per heavy atom. The van der Waals surface area contributed by atoms with Gasteiger partial charge in [-0.2, -0.15) is 0 Å². The van der Waals surface area contributed by atoms with Gasteiger partial charge in [-0.15, -0.1) is 0 Å². The molecule has 2 heterocycles. The Bertz CT molecular complexity index is 639. The first-order valence-corrected chi connectivity index (χ1v) is 6.65. The molecule has 1 aliphatic heterocycles. The number of hydrogen-bond acceptors (Lipinski definition) is 5. The van der Waals surface area contributed by atoms with Crippen LogP contribution in [0.3, 0.4) is 0 Å². The first kappa shape index (κ1) is 12.8. The number of rotatable bonds is 3. The van der Waals surface area contributed by atoms with E-state index >= 15 is 0 Å². The van der Waals surface area contributed by atoms with E-state index < -0.39 is 4.92 Å². The molecule has 1 saturated heterocycles. The summed E-state index contributed by atoms with van der Waals surface area (Å²) in [5.41, 5.74) is 0.631. The Labute approximate surface area is 115 Å². The molecule has 2 aromatic rings. The number of nitrogens with zero attached hydrogens (tertiary/aromatic N) is 2. The molecule has 0 amide bonds. The van der Waals surface area contributed by atoms with Gasteiger partial charge in [0, 0.05) is 11.9 Å². The highest BCUT2D eigenvalue weighted by Gasteiger charge is 2.23. The summed E-state index contributed by atoms with van der Waals surface area (Å²) in [6.45, 7) is 1.69. The average molecular weight is 273 g/mol. The zero-order chi connectivity index (χ0) is 13.9. The minimum absolute atomic E-state index is 0.0340. The Morgan fingerprint density at radius 2 is 2.25 bits per heavy atom. The molecule has 0 aliphatic carbocycles. The maximum absolute atomic E-state index is 11.2. The third-order valence-electron chi connectivity index (χ3n) is 3.44. The quantitative estimate of drug-likeness (QED) is 0.685. The van der Waals surface area contributed by atoms with Gasteiger partial charge in [0.05, 0.1) is 10.4 Å². The number of nitrogens with one attached hydrogen (secondary N) is 1. The molecule has 0 radical (unpaired) electrons. The first-order chi connectivity index (χ1) is 9.75. The summed E-state index contributed by atoms with van der Waals surface area (Å²) in [6, 6.07) is 7.32. The molecule has 0 saturated carbocycles. The lowest BCUT2D eigenvalue weighted by Gasteiger charge is -2.24. The van der Waals surface area contributed by atoms with E-state index in [2.05, 4.69) is 10.3 Å². The normalized spacial score (nSPS) is 18.9. The molecule has 3 rings (SSSR count). The highest BCUT2D eigenvalue weighted by atomic mass is 16.6. The summed E-state index contributed by atoms with van der Waals surface area (Å²) in [6.07, 6.45) is 3.16. The molecular weight excluding hydrogens is 258 g/mol. The van der Waals surface area contributed by atoms with E-state index in [4.69, 9.17) is 4.74 Å². The molecule has 1 aliphatic rings. The predicted octanol–water partition coefficient (Wildman–Crippen LogP) is 2.27. The number of ether oxygens (including phenoxy) is 1. The van der Waals surface area contributed by atoms with Gasteiger partial charge < -0.3 is 10.1 Å². The summed E-state index contributed by atoms with van der Waals surface area (Å²) < 4.78 is 5.92. The van der Waals surface area contributed by atoms with E-state index in [1.807, 2.05) is 18.2 Å². The van der Waals surface area contributed by atoms with E-state index in [1.165, 1.54) is 6.20 Å². The maximum atomic E-state index is 11.2. The Kier molecular flexibility index (Phi) is 3.47. The molecule has 6 nitrogen and oxygen atoms in total. The van der Waals surface area contributed by atoms with E-state index in [-0.39, 0.29) is 11.8 Å². The zero-order valence-electron chi connectivity index (χ0n) is 10.9. The van der Waals surface area contributed by atoms with Crippen LogP contribution in [0.25, 0.3) is 10.9 Å². The molecule has 1 atom stereocenters. The highest BCUT2D eigenvalue weighted by molar-refractivity contribution is 5.88. The highest BCUT2D eigenvalue weighted by Crippen LogP contribution is 2.35. The van der Waals surface area contributed by atoms with Crippen molar-refractivity contribution < 1.29 is 9.66 Å². The van der Waals surface area contributed by atoms with Crippen LogP contribution in [0.5, 0.6) is 5.75 Å². The summed E-state index contributed by atoms with van der Waals surface area (Å²) >= 11 is 0. The van der Waals surface area contributed by atoms with Gasteiger partial charge in [-0.05, 0) is 31.5 Å². The van der Waals surface area contributed by atoms with Gasteiger partial charge in [0.1, 0.15) is 12.3 Å². The van der Waals surface area contributed by atoms with Gasteiger partial charge in [-0.1, -0.05) is 12.1 Å². The number of nitro groups is 1. The fraction of sp³-hybridized carbons (Fsp3) is 0.357. The molecule has 0 bridgehead atoms. The lowest BCUT2D eigenvalue weighted by molar-refractivity contribution is -0.386. The molecule has 6 heteroatoms. The minimum Gasteiger partial charge on any atom is -0.482 e. The molecule has 20 heavy (non-hydrogen) atoms. The lowest BCUT2D eigenvalue weighted by Crippen LogP contribution is -2.37. The van der Waals surface area contributed by atoms with Crippen molar-refractivity contribution in [3.63, 3.8) is 0 Å². The molecular formula is C14H15N3O3. The second-order valence-corrected chi connectivity index (χ2v) is 4.83. The average Bonchev–Trinajstić information content (AvgIpc) is 2.48. The standard InChI is InChI=1S/C14H15N3O3/c18-17(19)13-9-16-12-6-2-1-5-11(12)14(13)20-10-4-3-7-15-8-10/h1-2,5-6,9-10,15H,3-4,7-8H2. The van der Waals surface area contributed by atoms with Crippen molar-refractivity contribution >= 4 is 16.6 Å². The number of piperidine rings is 1. The molecule has 1 N–H and O–H groups in total. The second kappa shape index (κ2) is 5.42. The molecule has 0 spiro atoms. The van der Waals surface area contributed by atoms with Gasteiger partial charge in [-0.25, -0.2) is 4.98 Å². The SMILES string of the molecule is O=[N+]([O-])c1cnc2ccccc2c1OC1CCCNC1. The van der Waals surface area contributed by atoms with Gasteiger partial charge in [-0.3, -0.25) is 10.1 Å². The van der Waals surface area contributed by atoms with Crippen molar-refractivity contribution in [1.82, 2.24) is 10.3 Å². The Hall–Kier alpha value is -2.21. The van der Waals surface area contributed by atoms with Crippen LogP contribution in [-0.4, -0.2) is 29.1 Å². The fourth-order valence-electron chi connectivity index (χ4n) is 2.45. The van der Waals surface area contributed by atoms with Gasteiger partial charge in [0.15, 0.2) is 0 Å². The third-order valence-corrected chi connectivity index (χ3v) is 3.44. The van der Waals surface area contributed by atoms with Gasteiger partial charge >= 0.3 is 5.69 Å². The van der Waals surface area contributed by atoms with Crippen molar-refractivity contribution in [2.75, 3.05) is 13.1 Å². The summed E-state index contributed by atoms with van der Waals surface area (Å²) in [5.74, 6) is 0.328. The fourth-order valence-corrected chi connectivity index (χ4v) is 2.45. The molecule has 1 aromatic carbocycles. The maximum Gasteiger partial charge on any atom is 0.329 e. The number of hydrogen-bond donors (Lipinski definition) is 1. The number of benzene rings is 1. The van der Waals surface area contributed by atoms with E-state index in [0.717, 1.165) is 19.4 Å². The monoisotopic (exact) mass is 273 g/mol. The first-order valence-electron chi connectivity index (χ1n) is 6.65. The summed E-state index contributed by atoms with van der Waals surface area (Å²) in [5, 5.41) is 15.1. The molecule has 1 aromatic heterocycles. The van der Waals surface area contributed by atoms with Crippen molar-refractivity contribution in [1.29, 1.82) is 0 Å². The topological polar surface area (TPSA) is 77.3 Å². The van der Waals surface area contributed by atoms with Crippen molar-refractivity contribution in [2.24, 2.45) is 0 Å². The Morgan fingerprint density at radius 3 is 3.00 bits per heavy atom. The molecule has 104 valence electrons. The van der Waals surface area contributed by atoms with Crippen LogP contribution in [0.15, 0.2) is 30.5 Å². The summed E-state index contributed by atoms with van der Waals surface area (Å²) in [7, 11) is 0. The second-order valence-electron chi connectivity index (χ2n) is 4.83. The van der Waals surface area contributed by atoms with Crippen LogP contribution in [0, 0.1) is 10.1 Å². The Balaban J connectivity index is 2.04. The molecule has 1 unspecified atom stereocenters. The number of pyridine rings is 1.